The van der Waals surface area contributed by atoms with E-state index in [0.29, 0.717) is 5.69 Å². The van der Waals surface area contributed by atoms with Gasteiger partial charge in [0.2, 0.25) is 0 Å². The number of pyridine rings is 1. The standard InChI is InChI=1S/C13H14N2O.C2H6/c1-13(16,11-6-8-15-9-7-11)10-2-4-12(14)5-3-10;1-2/h2-9,16H,14H2,1H3;1-2H3. The van der Waals surface area contributed by atoms with Crippen LogP contribution in [0.4, 0.5) is 5.69 Å². The van der Waals surface area contributed by atoms with E-state index >= 15 is 0 Å². The van der Waals surface area contributed by atoms with Gasteiger partial charge in [-0.2, -0.15) is 0 Å². The van der Waals surface area contributed by atoms with E-state index in [0.717, 1.165) is 11.1 Å². The van der Waals surface area contributed by atoms with Gasteiger partial charge in [0.05, 0.1) is 0 Å². The van der Waals surface area contributed by atoms with Gasteiger partial charge in [0.25, 0.3) is 0 Å². The van der Waals surface area contributed by atoms with Crippen LogP contribution in [0.2, 0.25) is 0 Å². The summed E-state index contributed by atoms with van der Waals surface area (Å²) in [5, 5.41) is 10.5. The van der Waals surface area contributed by atoms with Gasteiger partial charge in [0, 0.05) is 18.1 Å². The van der Waals surface area contributed by atoms with Gasteiger partial charge in [0.1, 0.15) is 5.60 Å². The Hall–Kier alpha value is -1.87. The Bertz CT molecular complexity index is 464. The Kier molecular flexibility index (Phi) is 4.86. The molecule has 1 unspecified atom stereocenters. The van der Waals surface area contributed by atoms with Crippen LogP contribution in [0.1, 0.15) is 31.9 Å². The smallest absolute Gasteiger partial charge is 0.112 e. The van der Waals surface area contributed by atoms with E-state index in [1.54, 1.807) is 43.6 Å². The minimum atomic E-state index is -1.02. The van der Waals surface area contributed by atoms with Gasteiger partial charge in [-0.1, -0.05) is 26.0 Å². The van der Waals surface area contributed by atoms with Gasteiger partial charge in [-0.25, -0.2) is 0 Å². The van der Waals surface area contributed by atoms with Crippen LogP contribution < -0.4 is 5.73 Å². The highest BCUT2D eigenvalue weighted by Crippen LogP contribution is 2.28. The van der Waals surface area contributed by atoms with Crippen LogP contribution in [-0.2, 0) is 5.60 Å². The second-order valence-corrected chi connectivity index (χ2v) is 3.93. The summed E-state index contributed by atoms with van der Waals surface area (Å²) in [6, 6.07) is 10.8. The molecule has 2 rings (SSSR count). The third kappa shape index (κ3) is 3.08. The van der Waals surface area contributed by atoms with E-state index in [9.17, 15) is 5.11 Å². The van der Waals surface area contributed by atoms with Gasteiger partial charge in [-0.3, -0.25) is 4.98 Å². The first-order chi connectivity index (χ1) is 8.60. The number of hydrogen-bond acceptors (Lipinski definition) is 3. The number of aromatic nitrogens is 1. The zero-order valence-corrected chi connectivity index (χ0v) is 11.1. The lowest BCUT2D eigenvalue weighted by Gasteiger charge is -2.24. The van der Waals surface area contributed by atoms with Crippen LogP contribution in [-0.4, -0.2) is 10.1 Å². The first-order valence-electron chi connectivity index (χ1n) is 6.09. The maximum Gasteiger partial charge on any atom is 0.112 e. The first kappa shape index (κ1) is 14.2. The molecule has 1 aromatic heterocycles. The Labute approximate surface area is 108 Å². The van der Waals surface area contributed by atoms with E-state index in [1.165, 1.54) is 0 Å². The molecule has 0 amide bonds. The fourth-order valence-corrected chi connectivity index (χ4v) is 1.65. The number of anilines is 1. The highest BCUT2D eigenvalue weighted by atomic mass is 16.3. The summed E-state index contributed by atoms with van der Waals surface area (Å²) in [7, 11) is 0. The van der Waals surface area contributed by atoms with Crippen molar-refractivity contribution in [1.29, 1.82) is 0 Å². The fourth-order valence-electron chi connectivity index (χ4n) is 1.65. The maximum absolute atomic E-state index is 10.5. The molecule has 18 heavy (non-hydrogen) atoms. The van der Waals surface area contributed by atoms with Crippen molar-refractivity contribution in [3.8, 4) is 0 Å². The van der Waals surface area contributed by atoms with Gasteiger partial charge in [0.15, 0.2) is 0 Å². The van der Waals surface area contributed by atoms with Crippen molar-refractivity contribution in [2.24, 2.45) is 0 Å². The molecule has 0 radical (unpaired) electrons. The van der Waals surface area contributed by atoms with Crippen molar-refractivity contribution in [2.75, 3.05) is 5.73 Å². The first-order valence-corrected chi connectivity index (χ1v) is 6.09. The van der Waals surface area contributed by atoms with Crippen molar-refractivity contribution in [3.05, 3.63) is 59.9 Å². The number of nitrogen functional groups attached to an aromatic ring is 1. The molecule has 0 saturated carbocycles. The second kappa shape index (κ2) is 6.17. The van der Waals surface area contributed by atoms with E-state index in [4.69, 9.17) is 5.73 Å². The molecule has 0 aliphatic heterocycles. The average Bonchev–Trinajstić information content (AvgIpc) is 2.42. The summed E-state index contributed by atoms with van der Waals surface area (Å²) < 4.78 is 0. The zero-order valence-electron chi connectivity index (χ0n) is 11.1. The molecule has 1 heterocycles. The molecule has 3 heteroatoms. The second-order valence-electron chi connectivity index (χ2n) is 3.93. The van der Waals surface area contributed by atoms with Gasteiger partial charge in [-0.15, -0.1) is 0 Å². The van der Waals surface area contributed by atoms with E-state index in [2.05, 4.69) is 4.98 Å². The van der Waals surface area contributed by atoms with Gasteiger partial charge in [-0.05, 0) is 42.3 Å². The molecule has 1 aromatic carbocycles. The number of benzene rings is 1. The molecular formula is C15H20N2O. The van der Waals surface area contributed by atoms with Crippen molar-refractivity contribution in [1.82, 2.24) is 4.98 Å². The molecular weight excluding hydrogens is 224 g/mol. The van der Waals surface area contributed by atoms with Crippen molar-refractivity contribution in [2.45, 2.75) is 26.4 Å². The number of hydrogen-bond donors (Lipinski definition) is 2. The summed E-state index contributed by atoms with van der Waals surface area (Å²) >= 11 is 0. The van der Waals surface area contributed by atoms with Crippen molar-refractivity contribution < 1.29 is 5.11 Å². The quantitative estimate of drug-likeness (QED) is 0.798. The predicted molar refractivity (Wildman–Crippen MR) is 75.1 cm³/mol. The summed E-state index contributed by atoms with van der Waals surface area (Å²) in [5.74, 6) is 0. The molecule has 0 aliphatic rings. The van der Waals surface area contributed by atoms with E-state index in [-0.39, 0.29) is 0 Å². The SMILES string of the molecule is CC.CC(O)(c1ccncc1)c1ccc(N)cc1. The number of nitrogens with two attached hydrogens (primary N) is 1. The summed E-state index contributed by atoms with van der Waals surface area (Å²) in [6.45, 7) is 5.76. The highest BCUT2D eigenvalue weighted by molar-refractivity contribution is 5.43. The molecule has 96 valence electrons. The van der Waals surface area contributed by atoms with Gasteiger partial charge < -0.3 is 10.8 Å². The van der Waals surface area contributed by atoms with Crippen molar-refractivity contribution in [3.63, 3.8) is 0 Å². The van der Waals surface area contributed by atoms with Crippen molar-refractivity contribution >= 4 is 5.69 Å². The Balaban J connectivity index is 0.000000771. The lowest BCUT2D eigenvalue weighted by Crippen LogP contribution is -2.22. The molecule has 0 fully saturated rings. The molecule has 0 bridgehead atoms. The average molecular weight is 244 g/mol. The third-order valence-corrected chi connectivity index (χ3v) is 2.72. The Morgan fingerprint density at radius 3 is 1.89 bits per heavy atom. The molecule has 1 atom stereocenters. The lowest BCUT2D eigenvalue weighted by atomic mass is 9.89. The largest absolute Gasteiger partial charge is 0.399 e. The molecule has 3 N–H and O–H groups in total. The van der Waals surface area contributed by atoms with Gasteiger partial charge >= 0.3 is 0 Å². The molecule has 2 aromatic rings. The molecule has 0 aliphatic carbocycles. The molecule has 0 saturated heterocycles. The van der Waals surface area contributed by atoms with Crippen LogP contribution in [0.25, 0.3) is 0 Å². The van der Waals surface area contributed by atoms with E-state index in [1.807, 2.05) is 26.0 Å². The summed E-state index contributed by atoms with van der Waals surface area (Å²) in [5.41, 5.74) is 6.91. The highest BCUT2D eigenvalue weighted by Gasteiger charge is 2.24. The van der Waals surface area contributed by atoms with Crippen LogP contribution >= 0.6 is 0 Å². The van der Waals surface area contributed by atoms with Crippen LogP contribution in [0.5, 0.6) is 0 Å². The maximum atomic E-state index is 10.5. The topological polar surface area (TPSA) is 59.1 Å². The summed E-state index contributed by atoms with van der Waals surface area (Å²) in [4.78, 5) is 3.94. The number of nitrogens with zero attached hydrogens (tertiary/aromatic N) is 1. The van der Waals surface area contributed by atoms with E-state index < -0.39 is 5.60 Å². The van der Waals surface area contributed by atoms with Crippen LogP contribution in [0, 0.1) is 0 Å². The summed E-state index contributed by atoms with van der Waals surface area (Å²) in [6.07, 6.45) is 3.34. The minimum Gasteiger partial charge on any atom is -0.399 e. The normalized spacial score (nSPS) is 13.1. The fraction of sp³-hybridized carbons (Fsp3) is 0.267. The predicted octanol–water partition coefficient (Wildman–Crippen LogP) is 2.95. The Morgan fingerprint density at radius 1 is 0.944 bits per heavy atom. The van der Waals surface area contributed by atoms with Crippen LogP contribution in [0.3, 0.4) is 0 Å². The van der Waals surface area contributed by atoms with Crippen LogP contribution in [0.15, 0.2) is 48.8 Å². The number of rotatable bonds is 2. The third-order valence-electron chi connectivity index (χ3n) is 2.72. The lowest BCUT2D eigenvalue weighted by molar-refractivity contribution is 0.102. The monoisotopic (exact) mass is 244 g/mol. The molecule has 3 nitrogen and oxygen atoms in total. The zero-order chi connectivity index (χ0) is 13.6. The number of aliphatic hydroxyl groups is 1. The molecule has 0 spiro atoms. The Morgan fingerprint density at radius 2 is 1.39 bits per heavy atom. The minimum absolute atomic E-state index is 0.689.